The first-order chi connectivity index (χ1) is 16.7. The molecule has 0 fully saturated rings. The zero-order chi connectivity index (χ0) is 25.6. The average Bonchev–Trinajstić information content (AvgIpc) is 2.86. The zero-order valence-corrected chi connectivity index (χ0v) is 21.7. The van der Waals surface area contributed by atoms with Crippen molar-refractivity contribution in [1.82, 2.24) is 5.32 Å². The van der Waals surface area contributed by atoms with E-state index in [2.05, 4.69) is 5.32 Å². The Kier molecular flexibility index (Phi) is 8.64. The molecule has 0 heterocycles. The number of halogens is 1. The van der Waals surface area contributed by atoms with Crippen molar-refractivity contribution in [2.75, 3.05) is 25.1 Å². The van der Waals surface area contributed by atoms with Gasteiger partial charge in [0.15, 0.2) is 11.5 Å². The first-order valence-corrected chi connectivity index (χ1v) is 12.9. The Bertz CT molecular complexity index is 1280. The van der Waals surface area contributed by atoms with Gasteiger partial charge in [0, 0.05) is 0 Å². The van der Waals surface area contributed by atoms with E-state index in [-0.39, 0.29) is 21.6 Å². The van der Waals surface area contributed by atoms with E-state index in [1.165, 1.54) is 12.1 Å². The van der Waals surface area contributed by atoms with Crippen molar-refractivity contribution in [1.29, 1.82) is 0 Å². The van der Waals surface area contributed by atoms with E-state index in [1.54, 1.807) is 62.8 Å². The molecule has 0 saturated carbocycles. The molecule has 0 spiro atoms. The third-order valence-electron chi connectivity index (χ3n) is 5.57. The Balaban J connectivity index is 1.92. The van der Waals surface area contributed by atoms with Crippen LogP contribution < -0.4 is 19.1 Å². The molecular weight excluding hydrogens is 488 g/mol. The van der Waals surface area contributed by atoms with Gasteiger partial charge in [0.25, 0.3) is 10.0 Å². The highest BCUT2D eigenvalue weighted by molar-refractivity contribution is 7.92. The van der Waals surface area contributed by atoms with Crippen LogP contribution in [-0.4, -0.2) is 35.1 Å². The molecule has 1 unspecified atom stereocenters. The number of aryl methyl sites for hydroxylation is 1. The molecule has 1 atom stereocenters. The third kappa shape index (κ3) is 6.07. The molecule has 3 aromatic rings. The van der Waals surface area contributed by atoms with E-state index in [1.807, 2.05) is 19.9 Å². The molecule has 0 saturated heterocycles. The Morgan fingerprint density at radius 3 is 2.26 bits per heavy atom. The minimum Gasteiger partial charge on any atom is -0.493 e. The minimum absolute atomic E-state index is 0.0720. The monoisotopic (exact) mass is 516 g/mol. The fraction of sp³-hybridized carbons (Fsp3) is 0.269. The van der Waals surface area contributed by atoms with Crippen LogP contribution >= 0.6 is 11.6 Å². The fourth-order valence-electron chi connectivity index (χ4n) is 3.65. The molecule has 7 nitrogen and oxygen atoms in total. The molecule has 0 bridgehead atoms. The second-order valence-corrected chi connectivity index (χ2v) is 10.2. The number of carbonyl (C=O) groups excluding carboxylic acids is 1. The average molecular weight is 517 g/mol. The summed E-state index contributed by atoms with van der Waals surface area (Å²) in [6.45, 7) is 3.36. The van der Waals surface area contributed by atoms with Gasteiger partial charge in [-0.2, -0.15) is 0 Å². The summed E-state index contributed by atoms with van der Waals surface area (Å²) in [5.74, 6) is 0.645. The van der Waals surface area contributed by atoms with Crippen molar-refractivity contribution in [3.05, 3.63) is 82.9 Å². The van der Waals surface area contributed by atoms with Crippen molar-refractivity contribution in [3.63, 3.8) is 0 Å². The number of sulfonamides is 1. The normalized spacial score (nSPS) is 12.0. The van der Waals surface area contributed by atoms with Gasteiger partial charge in [0.1, 0.15) is 6.54 Å². The van der Waals surface area contributed by atoms with Crippen molar-refractivity contribution >= 4 is 33.2 Å². The summed E-state index contributed by atoms with van der Waals surface area (Å²) in [5.41, 5.74) is 1.96. The van der Waals surface area contributed by atoms with E-state index in [4.69, 9.17) is 21.1 Å². The van der Waals surface area contributed by atoms with Crippen LogP contribution in [0.4, 0.5) is 5.69 Å². The SMILES string of the molecule is CCC(NC(=O)CN(c1ccccc1Cl)S(=O)(=O)c1ccc(C)cc1)c1ccc(OC)c(OC)c1. The van der Waals surface area contributed by atoms with E-state index in [0.29, 0.717) is 17.9 Å². The molecule has 1 amide bonds. The molecule has 0 aliphatic heterocycles. The molecule has 3 rings (SSSR count). The lowest BCUT2D eigenvalue weighted by atomic mass is 10.0. The molecule has 35 heavy (non-hydrogen) atoms. The highest BCUT2D eigenvalue weighted by atomic mass is 35.5. The number of para-hydroxylation sites is 1. The molecule has 0 aliphatic carbocycles. The summed E-state index contributed by atoms with van der Waals surface area (Å²) in [5, 5.41) is 3.16. The quantitative estimate of drug-likeness (QED) is 0.404. The first kappa shape index (κ1) is 26.4. The van der Waals surface area contributed by atoms with Gasteiger partial charge in [0.05, 0.1) is 35.9 Å². The van der Waals surface area contributed by atoms with Crippen molar-refractivity contribution < 1.29 is 22.7 Å². The van der Waals surface area contributed by atoms with Crippen molar-refractivity contribution in [3.8, 4) is 11.5 Å². The van der Waals surface area contributed by atoms with Crippen LogP contribution in [0, 0.1) is 6.92 Å². The highest BCUT2D eigenvalue weighted by Gasteiger charge is 2.29. The van der Waals surface area contributed by atoms with Gasteiger partial charge in [-0.15, -0.1) is 0 Å². The van der Waals surface area contributed by atoms with Gasteiger partial charge >= 0.3 is 0 Å². The minimum atomic E-state index is -4.06. The maximum absolute atomic E-state index is 13.6. The van der Waals surface area contributed by atoms with Crippen LogP contribution in [0.1, 0.15) is 30.5 Å². The summed E-state index contributed by atoms with van der Waals surface area (Å²) in [6, 6.07) is 18.0. The number of nitrogens with one attached hydrogen (secondary N) is 1. The highest BCUT2D eigenvalue weighted by Crippen LogP contribution is 2.32. The molecule has 186 valence electrons. The lowest BCUT2D eigenvalue weighted by Crippen LogP contribution is -2.42. The molecule has 9 heteroatoms. The lowest BCUT2D eigenvalue weighted by Gasteiger charge is -2.26. The number of anilines is 1. The smallest absolute Gasteiger partial charge is 0.264 e. The number of methoxy groups -OCH3 is 2. The summed E-state index contributed by atoms with van der Waals surface area (Å²) < 4.78 is 38.8. The van der Waals surface area contributed by atoms with Gasteiger partial charge < -0.3 is 14.8 Å². The van der Waals surface area contributed by atoms with Gasteiger partial charge in [-0.05, 0) is 55.3 Å². The number of hydrogen-bond acceptors (Lipinski definition) is 5. The largest absolute Gasteiger partial charge is 0.493 e. The summed E-state index contributed by atoms with van der Waals surface area (Å²) in [6.07, 6.45) is 0.581. The number of hydrogen-bond donors (Lipinski definition) is 1. The summed E-state index contributed by atoms with van der Waals surface area (Å²) >= 11 is 6.35. The van der Waals surface area contributed by atoms with E-state index < -0.39 is 22.5 Å². The number of carbonyl (C=O) groups is 1. The van der Waals surface area contributed by atoms with Crippen LogP contribution in [0.15, 0.2) is 71.6 Å². The lowest BCUT2D eigenvalue weighted by molar-refractivity contribution is -0.120. The van der Waals surface area contributed by atoms with E-state index in [9.17, 15) is 13.2 Å². The molecule has 0 aromatic heterocycles. The molecular formula is C26H29ClN2O5S. The molecule has 1 N–H and O–H groups in total. The Morgan fingerprint density at radius 2 is 1.66 bits per heavy atom. The zero-order valence-electron chi connectivity index (χ0n) is 20.1. The van der Waals surface area contributed by atoms with Gasteiger partial charge in [-0.25, -0.2) is 8.42 Å². The van der Waals surface area contributed by atoms with E-state index >= 15 is 0 Å². The maximum atomic E-state index is 13.6. The number of benzene rings is 3. The number of amides is 1. The van der Waals surface area contributed by atoms with Gasteiger partial charge in [0.2, 0.25) is 5.91 Å². The number of rotatable bonds is 10. The van der Waals surface area contributed by atoms with Crippen LogP contribution in [-0.2, 0) is 14.8 Å². The fourth-order valence-corrected chi connectivity index (χ4v) is 5.38. The standard InChI is InChI=1S/C26H29ClN2O5S/c1-5-22(19-12-15-24(33-3)25(16-19)34-4)28-26(30)17-29(23-9-7-6-8-21(23)27)35(31,32)20-13-10-18(2)11-14-20/h6-16,22H,5,17H2,1-4H3,(H,28,30). The predicted molar refractivity (Wildman–Crippen MR) is 138 cm³/mol. The Morgan fingerprint density at radius 1 is 1.00 bits per heavy atom. The van der Waals surface area contributed by atoms with Gasteiger partial charge in [-0.1, -0.05) is 54.4 Å². The Hall–Kier alpha value is -3.23. The summed E-state index contributed by atoms with van der Waals surface area (Å²) in [7, 11) is -0.974. The second-order valence-electron chi connectivity index (χ2n) is 7.92. The van der Waals surface area contributed by atoms with Crippen molar-refractivity contribution in [2.45, 2.75) is 31.2 Å². The number of nitrogens with zero attached hydrogens (tertiary/aromatic N) is 1. The Labute approximate surface area is 211 Å². The van der Waals surface area contributed by atoms with Gasteiger partial charge in [-0.3, -0.25) is 9.10 Å². The van der Waals surface area contributed by atoms with Crippen LogP contribution in [0.25, 0.3) is 0 Å². The molecule has 0 aliphatic rings. The van der Waals surface area contributed by atoms with Crippen molar-refractivity contribution in [2.24, 2.45) is 0 Å². The third-order valence-corrected chi connectivity index (χ3v) is 7.66. The number of ether oxygens (including phenoxy) is 2. The first-order valence-electron chi connectivity index (χ1n) is 11.1. The topological polar surface area (TPSA) is 84.9 Å². The maximum Gasteiger partial charge on any atom is 0.264 e. The van der Waals surface area contributed by atoms with E-state index in [0.717, 1.165) is 15.4 Å². The molecule has 3 aromatic carbocycles. The van der Waals surface area contributed by atoms with Crippen LogP contribution in [0.3, 0.4) is 0 Å². The molecule has 0 radical (unpaired) electrons. The summed E-state index contributed by atoms with van der Waals surface area (Å²) in [4.78, 5) is 13.2. The second kappa shape index (κ2) is 11.5. The van der Waals surface area contributed by atoms with Crippen LogP contribution in [0.2, 0.25) is 5.02 Å². The predicted octanol–water partition coefficient (Wildman–Crippen LogP) is 5.13. The van der Waals surface area contributed by atoms with Crippen LogP contribution in [0.5, 0.6) is 11.5 Å².